The molecule has 1 heterocycles. The van der Waals surface area contributed by atoms with Crippen LogP contribution in [0.15, 0.2) is 84.0 Å². The van der Waals surface area contributed by atoms with Gasteiger partial charge in [0.15, 0.2) is 0 Å². The van der Waals surface area contributed by atoms with Crippen molar-refractivity contribution in [2.75, 3.05) is 13.1 Å². The number of hydrogen-bond acceptors (Lipinski definition) is 3. The quantitative estimate of drug-likeness (QED) is 0.853. The summed E-state index contributed by atoms with van der Waals surface area (Å²) in [4.78, 5) is 6.93. The van der Waals surface area contributed by atoms with Gasteiger partial charge in [0.05, 0.1) is 12.0 Å². The second-order valence-electron chi connectivity index (χ2n) is 6.34. The van der Waals surface area contributed by atoms with E-state index in [1.165, 1.54) is 0 Å². The van der Waals surface area contributed by atoms with E-state index < -0.39 is 6.10 Å². The number of allylic oxidation sites excluding steroid dienone is 2. The van der Waals surface area contributed by atoms with Crippen molar-refractivity contribution in [1.29, 1.82) is 0 Å². The van der Waals surface area contributed by atoms with Gasteiger partial charge in [-0.05, 0) is 36.6 Å². The van der Waals surface area contributed by atoms with E-state index in [9.17, 15) is 5.11 Å². The number of hydrogen-bond donors (Lipinski definition) is 1. The summed E-state index contributed by atoms with van der Waals surface area (Å²) >= 11 is 0. The van der Waals surface area contributed by atoms with Gasteiger partial charge in [0.2, 0.25) is 0 Å². The van der Waals surface area contributed by atoms with Crippen molar-refractivity contribution in [2.24, 2.45) is 10.9 Å². The second kappa shape index (κ2) is 8.63. The summed E-state index contributed by atoms with van der Waals surface area (Å²) in [7, 11) is 0. The first kappa shape index (κ1) is 18.2. The smallest absolute Gasteiger partial charge is 0.114 e. The van der Waals surface area contributed by atoms with Crippen LogP contribution >= 0.6 is 0 Å². The molecule has 1 aliphatic rings. The minimum atomic E-state index is -0.644. The molecule has 2 aromatic rings. The number of amidine groups is 1. The monoisotopic (exact) mass is 346 g/mol. The predicted molar refractivity (Wildman–Crippen MR) is 109 cm³/mol. The van der Waals surface area contributed by atoms with E-state index in [0.29, 0.717) is 0 Å². The van der Waals surface area contributed by atoms with Crippen LogP contribution in [0.3, 0.4) is 0 Å². The molecule has 0 aliphatic carbocycles. The first-order valence-electron chi connectivity index (χ1n) is 9.24. The lowest BCUT2D eigenvalue weighted by atomic mass is 9.90. The van der Waals surface area contributed by atoms with Crippen molar-refractivity contribution in [3.05, 3.63) is 90.1 Å². The van der Waals surface area contributed by atoms with Crippen LogP contribution in [-0.2, 0) is 0 Å². The van der Waals surface area contributed by atoms with E-state index in [2.05, 4.69) is 37.0 Å². The summed E-state index contributed by atoms with van der Waals surface area (Å²) in [6.45, 7) is 5.95. The van der Waals surface area contributed by atoms with Crippen LogP contribution in [0.1, 0.15) is 31.1 Å². The van der Waals surface area contributed by atoms with Gasteiger partial charge in [-0.3, -0.25) is 0 Å². The first-order valence-corrected chi connectivity index (χ1v) is 9.24. The number of aliphatic imine (C=N–C) groups is 1. The standard InChI is InChI=1S/C23H26N2O/c1-3-25(4-2)23-21(22(26)19-13-9-6-10-14-19)17-20(15-16-24-23)18-11-7-5-8-12-18/h5-17,21-22,26H,3-4H2,1-2H3/t21-,22-/m1/s1. The zero-order chi connectivity index (χ0) is 18.4. The molecule has 1 aliphatic heterocycles. The van der Waals surface area contributed by atoms with Gasteiger partial charge in [-0.25, -0.2) is 4.99 Å². The fraction of sp³-hybridized carbons (Fsp3) is 0.261. The predicted octanol–water partition coefficient (Wildman–Crippen LogP) is 4.69. The molecule has 3 heteroatoms. The summed E-state index contributed by atoms with van der Waals surface area (Å²) < 4.78 is 0. The van der Waals surface area contributed by atoms with Crippen molar-refractivity contribution in [3.8, 4) is 0 Å². The molecule has 1 N–H and O–H groups in total. The van der Waals surface area contributed by atoms with E-state index in [0.717, 1.165) is 35.6 Å². The molecule has 0 bridgehead atoms. The van der Waals surface area contributed by atoms with Gasteiger partial charge in [-0.15, -0.1) is 0 Å². The van der Waals surface area contributed by atoms with Gasteiger partial charge >= 0.3 is 0 Å². The van der Waals surface area contributed by atoms with Gasteiger partial charge in [-0.2, -0.15) is 0 Å². The molecule has 26 heavy (non-hydrogen) atoms. The lowest BCUT2D eigenvalue weighted by Crippen LogP contribution is -2.37. The van der Waals surface area contributed by atoms with E-state index >= 15 is 0 Å². The van der Waals surface area contributed by atoms with Crippen LogP contribution in [-0.4, -0.2) is 28.9 Å². The SMILES string of the molecule is CCN(CC)C1=NC=CC(c2ccccc2)=C[C@@H]1[C@H](O)c1ccccc1. The minimum absolute atomic E-state index is 0.206. The maximum absolute atomic E-state index is 11.2. The van der Waals surface area contributed by atoms with Crippen molar-refractivity contribution in [3.63, 3.8) is 0 Å². The average molecular weight is 346 g/mol. The maximum Gasteiger partial charge on any atom is 0.114 e. The molecule has 0 radical (unpaired) electrons. The molecular formula is C23H26N2O. The zero-order valence-corrected chi connectivity index (χ0v) is 15.4. The molecule has 0 fully saturated rings. The second-order valence-corrected chi connectivity index (χ2v) is 6.34. The summed E-state index contributed by atoms with van der Waals surface area (Å²) in [6, 6.07) is 20.1. The third kappa shape index (κ3) is 3.94. The lowest BCUT2D eigenvalue weighted by Gasteiger charge is -2.30. The molecule has 2 aromatic carbocycles. The van der Waals surface area contributed by atoms with Gasteiger partial charge in [0.25, 0.3) is 0 Å². The fourth-order valence-electron chi connectivity index (χ4n) is 3.36. The third-order valence-corrected chi connectivity index (χ3v) is 4.79. The summed E-state index contributed by atoms with van der Waals surface area (Å²) in [6.07, 6.45) is 5.38. The average Bonchev–Trinajstić information content (AvgIpc) is 2.93. The van der Waals surface area contributed by atoms with E-state index in [-0.39, 0.29) is 5.92 Å². The highest BCUT2D eigenvalue weighted by molar-refractivity contribution is 5.91. The molecule has 0 unspecified atom stereocenters. The van der Waals surface area contributed by atoms with Crippen LogP contribution in [0, 0.1) is 5.92 Å². The van der Waals surface area contributed by atoms with Crippen molar-refractivity contribution in [2.45, 2.75) is 20.0 Å². The Labute approximate surface area is 156 Å². The first-order chi connectivity index (χ1) is 12.7. The maximum atomic E-state index is 11.2. The Morgan fingerprint density at radius 3 is 2.19 bits per heavy atom. The van der Waals surface area contributed by atoms with Crippen LogP contribution in [0.25, 0.3) is 5.57 Å². The van der Waals surface area contributed by atoms with Crippen molar-refractivity contribution in [1.82, 2.24) is 4.90 Å². The highest BCUT2D eigenvalue weighted by Gasteiger charge is 2.28. The highest BCUT2D eigenvalue weighted by Crippen LogP contribution is 2.31. The van der Waals surface area contributed by atoms with Gasteiger partial charge in [0, 0.05) is 19.3 Å². The zero-order valence-electron chi connectivity index (χ0n) is 15.4. The topological polar surface area (TPSA) is 35.8 Å². The van der Waals surface area contributed by atoms with Crippen LogP contribution in [0.2, 0.25) is 0 Å². The number of aliphatic hydroxyl groups is 1. The number of benzene rings is 2. The fourth-order valence-corrected chi connectivity index (χ4v) is 3.36. The Bertz CT molecular complexity index is 789. The van der Waals surface area contributed by atoms with E-state index in [4.69, 9.17) is 4.99 Å². The Hall–Kier alpha value is -2.65. The molecule has 0 spiro atoms. The van der Waals surface area contributed by atoms with Gasteiger partial charge in [0.1, 0.15) is 5.84 Å². The summed E-state index contributed by atoms with van der Waals surface area (Å²) in [5.74, 6) is 0.705. The van der Waals surface area contributed by atoms with Crippen LogP contribution < -0.4 is 0 Å². The highest BCUT2D eigenvalue weighted by atomic mass is 16.3. The molecule has 0 amide bonds. The summed E-state index contributed by atoms with van der Waals surface area (Å²) in [5.41, 5.74) is 3.12. The van der Waals surface area contributed by atoms with Crippen LogP contribution in [0.4, 0.5) is 0 Å². The molecule has 3 nitrogen and oxygen atoms in total. The van der Waals surface area contributed by atoms with Crippen molar-refractivity contribution >= 4 is 11.4 Å². The Morgan fingerprint density at radius 1 is 0.962 bits per heavy atom. The molecule has 0 saturated heterocycles. The molecule has 0 aromatic heterocycles. The molecule has 0 saturated carbocycles. The lowest BCUT2D eigenvalue weighted by molar-refractivity contribution is 0.152. The minimum Gasteiger partial charge on any atom is -0.387 e. The third-order valence-electron chi connectivity index (χ3n) is 4.79. The molecule has 3 rings (SSSR count). The van der Waals surface area contributed by atoms with Gasteiger partial charge < -0.3 is 10.0 Å². The normalized spacial score (nSPS) is 17.9. The largest absolute Gasteiger partial charge is 0.387 e. The summed E-state index contributed by atoms with van der Waals surface area (Å²) in [5, 5.41) is 11.2. The number of aliphatic hydroxyl groups excluding tert-OH is 1. The Kier molecular flexibility index (Phi) is 6.03. The number of nitrogens with zero attached hydrogens (tertiary/aromatic N) is 2. The van der Waals surface area contributed by atoms with Gasteiger partial charge in [-0.1, -0.05) is 66.7 Å². The Morgan fingerprint density at radius 2 is 1.58 bits per heavy atom. The number of rotatable bonds is 5. The molecular weight excluding hydrogens is 320 g/mol. The Balaban J connectivity index is 2.05. The molecule has 2 atom stereocenters. The van der Waals surface area contributed by atoms with Crippen molar-refractivity contribution < 1.29 is 5.11 Å². The van der Waals surface area contributed by atoms with Crippen LogP contribution in [0.5, 0.6) is 0 Å². The van der Waals surface area contributed by atoms with E-state index in [1.807, 2.05) is 60.8 Å². The van der Waals surface area contributed by atoms with E-state index in [1.54, 1.807) is 0 Å². The molecule has 134 valence electrons.